The van der Waals surface area contributed by atoms with Crippen LogP contribution in [0.5, 0.6) is 0 Å². The third kappa shape index (κ3) is 0.808. The van der Waals surface area contributed by atoms with Gasteiger partial charge in [0, 0.05) is 27.6 Å². The zero-order chi connectivity index (χ0) is 8.89. The Kier molecular flexibility index (Phi) is 1.18. The molecule has 0 N–H and O–H groups in total. The number of nitroso groups, excluding NO2 is 1. The van der Waals surface area contributed by atoms with Gasteiger partial charge in [-0.1, -0.05) is 0 Å². The van der Waals surface area contributed by atoms with E-state index in [4.69, 9.17) is 4.74 Å². The molecule has 2 aliphatic rings. The molecule has 0 amide bonds. The van der Waals surface area contributed by atoms with Crippen LogP contribution in [0.1, 0.15) is 11.1 Å². The lowest BCUT2D eigenvalue weighted by Gasteiger charge is -2.28. The lowest BCUT2D eigenvalue weighted by Crippen LogP contribution is -2.53. The molecule has 1 saturated heterocycles. The summed E-state index contributed by atoms with van der Waals surface area (Å²) in [6, 6.07) is 1.96. The summed E-state index contributed by atoms with van der Waals surface area (Å²) in [5, 5.41) is 0. The molecule has 1 spiro atoms. The Morgan fingerprint density at radius 3 is 3.15 bits per heavy atom. The molecule has 1 fully saturated rings. The fourth-order valence-corrected chi connectivity index (χ4v) is 2.04. The first-order chi connectivity index (χ1) is 6.30. The van der Waals surface area contributed by atoms with Crippen LogP contribution < -0.4 is 0 Å². The molecule has 0 bridgehead atoms. The molecule has 0 aromatic carbocycles. The van der Waals surface area contributed by atoms with E-state index in [0.29, 0.717) is 19.7 Å². The molecule has 3 heterocycles. The van der Waals surface area contributed by atoms with Gasteiger partial charge in [0.2, 0.25) is 18.7 Å². The predicted molar refractivity (Wildman–Crippen MR) is 44.1 cm³/mol. The fraction of sp³-hybridized carbons (Fsp3) is 0.444. The zero-order valence-corrected chi connectivity index (χ0v) is 7.06. The average molecular weight is 177 g/mol. The highest BCUT2D eigenvalue weighted by molar-refractivity contribution is 5.33. The summed E-state index contributed by atoms with van der Waals surface area (Å²) in [7, 11) is 0. The number of ether oxygens (including phenoxy) is 1. The molecule has 2 aliphatic heterocycles. The standard InChI is InChI=1S/C9H9N2O2/c12-11-5-9(6-11)8-3-10-2-1-7(8)4-13-9/h1-3H,4-6H2/q+1. The van der Waals surface area contributed by atoms with Gasteiger partial charge in [0.05, 0.1) is 6.61 Å². The van der Waals surface area contributed by atoms with E-state index in [9.17, 15) is 4.91 Å². The molecule has 4 nitrogen and oxygen atoms in total. The molecule has 1 aromatic rings. The van der Waals surface area contributed by atoms with Gasteiger partial charge in [0.25, 0.3) is 0 Å². The number of aromatic nitrogens is 1. The van der Waals surface area contributed by atoms with Crippen molar-refractivity contribution < 1.29 is 9.50 Å². The topological polar surface area (TPSA) is 42.2 Å². The molecular formula is C9H9N2O2+. The minimum Gasteiger partial charge on any atom is -0.353 e. The van der Waals surface area contributed by atoms with Gasteiger partial charge in [-0.3, -0.25) is 4.98 Å². The Balaban J connectivity index is 2.08. The largest absolute Gasteiger partial charge is 0.353 e. The Bertz CT molecular complexity index is 381. The molecule has 0 atom stereocenters. The molecule has 1 aromatic heterocycles. The summed E-state index contributed by atoms with van der Waals surface area (Å²) in [5.41, 5.74) is 1.94. The highest BCUT2D eigenvalue weighted by Crippen LogP contribution is 2.40. The van der Waals surface area contributed by atoms with E-state index in [0.717, 1.165) is 10.3 Å². The van der Waals surface area contributed by atoms with Crippen molar-refractivity contribution in [3.05, 3.63) is 34.5 Å². The third-order valence-electron chi connectivity index (χ3n) is 2.77. The number of fused-ring (bicyclic) bond motifs is 2. The number of rotatable bonds is 0. The first-order valence-electron chi connectivity index (χ1n) is 4.30. The van der Waals surface area contributed by atoms with E-state index in [-0.39, 0.29) is 5.60 Å². The van der Waals surface area contributed by atoms with Crippen molar-refractivity contribution in [1.82, 2.24) is 4.98 Å². The van der Waals surface area contributed by atoms with E-state index in [1.807, 2.05) is 12.3 Å². The van der Waals surface area contributed by atoms with Crippen molar-refractivity contribution in [3.63, 3.8) is 0 Å². The quantitative estimate of drug-likeness (QED) is 0.545. The van der Waals surface area contributed by atoms with Crippen LogP contribution in [0.2, 0.25) is 0 Å². The van der Waals surface area contributed by atoms with Gasteiger partial charge in [0.1, 0.15) is 0 Å². The number of pyridine rings is 1. The summed E-state index contributed by atoms with van der Waals surface area (Å²) in [4.78, 5) is 14.9. The second kappa shape index (κ2) is 2.14. The predicted octanol–water partition coefficient (Wildman–Crippen LogP) is 0.600. The summed E-state index contributed by atoms with van der Waals surface area (Å²) in [5.74, 6) is 0. The number of hydrogen-bond donors (Lipinski definition) is 0. The Hall–Kier alpha value is -1.29. The maximum Gasteiger partial charge on any atom is 0.231 e. The molecule has 66 valence electrons. The first kappa shape index (κ1) is 7.15. The van der Waals surface area contributed by atoms with Gasteiger partial charge in [0.15, 0.2) is 0 Å². The molecule has 0 radical (unpaired) electrons. The monoisotopic (exact) mass is 177 g/mol. The van der Waals surface area contributed by atoms with Crippen LogP contribution in [-0.4, -0.2) is 22.8 Å². The van der Waals surface area contributed by atoms with Gasteiger partial charge < -0.3 is 4.74 Å². The highest BCUT2D eigenvalue weighted by Gasteiger charge is 2.58. The first-order valence-corrected chi connectivity index (χ1v) is 4.30. The normalized spacial score (nSPS) is 22.9. The van der Waals surface area contributed by atoms with Crippen LogP contribution in [0.25, 0.3) is 0 Å². The van der Waals surface area contributed by atoms with E-state index < -0.39 is 0 Å². The summed E-state index contributed by atoms with van der Waals surface area (Å²) >= 11 is 0. The van der Waals surface area contributed by atoms with Crippen molar-refractivity contribution in [2.75, 3.05) is 13.1 Å². The van der Waals surface area contributed by atoms with Gasteiger partial charge >= 0.3 is 0 Å². The van der Waals surface area contributed by atoms with Crippen molar-refractivity contribution >= 4 is 0 Å². The second-order valence-corrected chi connectivity index (χ2v) is 3.61. The Labute approximate surface area is 75.1 Å². The van der Waals surface area contributed by atoms with Gasteiger partial charge in [-0.15, -0.1) is 0 Å². The van der Waals surface area contributed by atoms with Crippen LogP contribution >= 0.6 is 0 Å². The lowest BCUT2D eigenvalue weighted by molar-refractivity contribution is -0.654. The van der Waals surface area contributed by atoms with Crippen LogP contribution in [0.15, 0.2) is 18.5 Å². The third-order valence-corrected chi connectivity index (χ3v) is 2.77. The molecule has 0 aliphatic carbocycles. The highest BCUT2D eigenvalue weighted by atomic mass is 16.5. The maximum absolute atomic E-state index is 10.9. The van der Waals surface area contributed by atoms with E-state index in [1.165, 1.54) is 5.56 Å². The summed E-state index contributed by atoms with van der Waals surface area (Å²) in [6.45, 7) is 1.52. The minimum absolute atomic E-state index is 0.328. The minimum atomic E-state index is -0.328. The summed E-state index contributed by atoms with van der Waals surface area (Å²) in [6.07, 6.45) is 3.57. The molecule has 3 rings (SSSR count). The number of nitrogens with zero attached hydrogens (tertiary/aromatic N) is 2. The maximum atomic E-state index is 10.9. The van der Waals surface area contributed by atoms with E-state index in [2.05, 4.69) is 4.98 Å². The smallest absolute Gasteiger partial charge is 0.231 e. The van der Waals surface area contributed by atoms with Crippen molar-refractivity contribution in [2.45, 2.75) is 12.2 Å². The van der Waals surface area contributed by atoms with E-state index in [1.54, 1.807) is 6.20 Å². The summed E-state index contributed by atoms with van der Waals surface area (Å²) < 4.78 is 6.65. The van der Waals surface area contributed by atoms with Gasteiger partial charge in [-0.2, -0.15) is 0 Å². The Morgan fingerprint density at radius 2 is 2.38 bits per heavy atom. The van der Waals surface area contributed by atoms with Crippen LogP contribution in [-0.2, 0) is 16.9 Å². The number of hydrogen-bond acceptors (Lipinski definition) is 3. The molecule has 13 heavy (non-hydrogen) atoms. The fourth-order valence-electron chi connectivity index (χ4n) is 2.04. The van der Waals surface area contributed by atoms with Crippen molar-refractivity contribution in [2.24, 2.45) is 0 Å². The van der Waals surface area contributed by atoms with Crippen LogP contribution in [0.4, 0.5) is 0 Å². The Morgan fingerprint density at radius 1 is 1.54 bits per heavy atom. The van der Waals surface area contributed by atoms with Crippen molar-refractivity contribution in [3.8, 4) is 0 Å². The van der Waals surface area contributed by atoms with Gasteiger partial charge in [-0.05, 0) is 11.6 Å². The molecule has 0 saturated carbocycles. The molecular weight excluding hydrogens is 168 g/mol. The van der Waals surface area contributed by atoms with E-state index >= 15 is 0 Å². The lowest BCUT2D eigenvalue weighted by atomic mass is 9.88. The van der Waals surface area contributed by atoms with Gasteiger partial charge in [-0.25, -0.2) is 0 Å². The van der Waals surface area contributed by atoms with Crippen LogP contribution in [0.3, 0.4) is 0 Å². The SMILES string of the molecule is O=[N+]1CC2(C1)OCc1ccncc12. The van der Waals surface area contributed by atoms with Crippen molar-refractivity contribution in [1.29, 1.82) is 0 Å². The molecule has 0 unspecified atom stereocenters. The average Bonchev–Trinajstić information content (AvgIpc) is 2.45. The molecule has 4 heteroatoms. The van der Waals surface area contributed by atoms with Crippen LogP contribution in [0, 0.1) is 4.91 Å². The second-order valence-electron chi connectivity index (χ2n) is 3.61. The zero-order valence-electron chi connectivity index (χ0n) is 7.06.